The molecular formula is C33H37NO8. The molecule has 42 heavy (non-hydrogen) atoms. The van der Waals surface area contributed by atoms with E-state index in [0.29, 0.717) is 57.2 Å². The molecule has 3 aromatic rings. The third-order valence-corrected chi connectivity index (χ3v) is 6.37. The third kappa shape index (κ3) is 8.83. The maximum absolute atomic E-state index is 12.8. The van der Waals surface area contributed by atoms with E-state index in [1.54, 1.807) is 6.92 Å². The maximum Gasteiger partial charge on any atom is 0.412 e. The summed E-state index contributed by atoms with van der Waals surface area (Å²) in [5, 5.41) is 4.44. The minimum absolute atomic E-state index is 0.156. The van der Waals surface area contributed by atoms with Gasteiger partial charge in [-0.05, 0) is 31.9 Å². The Balaban J connectivity index is 1.27. The van der Waals surface area contributed by atoms with Crippen LogP contribution in [0.5, 0.6) is 17.2 Å². The summed E-state index contributed by atoms with van der Waals surface area (Å²) in [6, 6.07) is 17.4. The zero-order valence-electron chi connectivity index (χ0n) is 23.9. The molecule has 0 radical (unpaired) electrons. The highest BCUT2D eigenvalue weighted by molar-refractivity contribution is 5.97. The van der Waals surface area contributed by atoms with Crippen molar-refractivity contribution in [3.63, 3.8) is 0 Å². The minimum Gasteiger partial charge on any atom is -0.490 e. The van der Waals surface area contributed by atoms with Crippen molar-refractivity contribution in [2.24, 2.45) is 0 Å². The van der Waals surface area contributed by atoms with Crippen LogP contribution in [0, 0.1) is 0 Å². The summed E-state index contributed by atoms with van der Waals surface area (Å²) in [5.41, 5.74) is 2.30. The van der Waals surface area contributed by atoms with Crippen LogP contribution in [0.15, 0.2) is 78.9 Å². The van der Waals surface area contributed by atoms with Crippen LogP contribution in [-0.4, -0.2) is 64.9 Å². The van der Waals surface area contributed by atoms with Crippen LogP contribution < -0.4 is 19.5 Å². The van der Waals surface area contributed by atoms with Gasteiger partial charge in [0.15, 0.2) is 0 Å². The number of carbonyl (C=O) groups is 2. The highest BCUT2D eigenvalue weighted by Gasteiger charge is 2.23. The van der Waals surface area contributed by atoms with Crippen LogP contribution in [0.2, 0.25) is 0 Å². The first-order valence-corrected chi connectivity index (χ1v) is 14.0. The molecule has 0 saturated carbocycles. The topological polar surface area (TPSA) is 102 Å². The highest BCUT2D eigenvalue weighted by Crippen LogP contribution is 2.43. The molecule has 4 rings (SSSR count). The lowest BCUT2D eigenvalue weighted by Crippen LogP contribution is -2.31. The smallest absolute Gasteiger partial charge is 0.412 e. The van der Waals surface area contributed by atoms with Gasteiger partial charge in [-0.3, -0.25) is 0 Å². The fourth-order valence-electron chi connectivity index (χ4n) is 4.41. The zero-order chi connectivity index (χ0) is 29.6. The van der Waals surface area contributed by atoms with E-state index >= 15 is 0 Å². The summed E-state index contributed by atoms with van der Waals surface area (Å²) in [6.45, 7) is 7.57. The van der Waals surface area contributed by atoms with E-state index < -0.39 is 12.1 Å². The number of allylic oxidation sites excluding steroid dienone is 2. The van der Waals surface area contributed by atoms with E-state index in [0.717, 1.165) is 33.4 Å². The zero-order valence-corrected chi connectivity index (χ0v) is 23.9. The number of hydrogen-bond acceptors (Lipinski definition) is 8. The predicted molar refractivity (Wildman–Crippen MR) is 159 cm³/mol. The number of ether oxygens (including phenoxy) is 6. The molecule has 9 heteroatoms. The van der Waals surface area contributed by atoms with Crippen molar-refractivity contribution < 1.29 is 38.0 Å². The number of hydrogen-bond donors (Lipinski definition) is 1. The van der Waals surface area contributed by atoms with E-state index in [2.05, 4.69) is 24.0 Å². The normalized spacial score (nSPS) is 11.9. The Morgan fingerprint density at radius 1 is 0.738 bits per heavy atom. The van der Waals surface area contributed by atoms with Gasteiger partial charge in [0.05, 0.1) is 26.4 Å². The molecule has 0 aromatic heterocycles. The molecule has 1 amide bonds. The van der Waals surface area contributed by atoms with Gasteiger partial charge in [-0.1, -0.05) is 61.2 Å². The second kappa shape index (κ2) is 16.2. The van der Waals surface area contributed by atoms with Crippen molar-refractivity contribution >= 4 is 22.8 Å². The lowest BCUT2D eigenvalue weighted by molar-refractivity contribution is -0.140. The largest absolute Gasteiger partial charge is 0.490 e. The molecular weight excluding hydrogens is 538 g/mol. The first kappa shape index (κ1) is 30.6. The molecule has 0 atom stereocenters. The van der Waals surface area contributed by atoms with Crippen LogP contribution in [0.4, 0.5) is 4.79 Å². The average molecular weight is 576 g/mol. The van der Waals surface area contributed by atoms with E-state index in [4.69, 9.17) is 28.4 Å². The predicted octanol–water partition coefficient (Wildman–Crippen LogP) is 5.19. The van der Waals surface area contributed by atoms with Gasteiger partial charge in [0.1, 0.15) is 37.1 Å². The van der Waals surface area contributed by atoms with E-state index in [1.165, 1.54) is 0 Å². The number of fused-ring (bicyclic) bond motifs is 2. The standard InChI is InChI=1S/C33H37NO8/c1-24(2)32(35)41-21-20-38-19-18-37-17-16-34-33(36)42-31-28-14-8-6-12-26(28)30(27-13-7-9-15-29(27)31)40-23-22-39-25-10-4-3-5-11-25/h3-12,14H,1,13,15-23H2,2H3,(H,34,36). The fourth-order valence-corrected chi connectivity index (χ4v) is 4.41. The number of rotatable bonds is 16. The van der Waals surface area contributed by atoms with E-state index in [9.17, 15) is 9.59 Å². The van der Waals surface area contributed by atoms with Gasteiger partial charge < -0.3 is 33.7 Å². The van der Waals surface area contributed by atoms with Crippen molar-refractivity contribution in [2.45, 2.75) is 19.8 Å². The molecule has 0 spiro atoms. The number of carbonyl (C=O) groups excluding carboxylic acids is 2. The lowest BCUT2D eigenvalue weighted by Gasteiger charge is -2.23. The Morgan fingerprint density at radius 2 is 1.33 bits per heavy atom. The monoisotopic (exact) mass is 575 g/mol. The van der Waals surface area contributed by atoms with Crippen molar-refractivity contribution in [3.8, 4) is 17.2 Å². The fraction of sp³-hybridized carbons (Fsp3) is 0.333. The van der Waals surface area contributed by atoms with Crippen molar-refractivity contribution in [3.05, 3.63) is 90.0 Å². The van der Waals surface area contributed by atoms with Gasteiger partial charge in [0, 0.05) is 34.0 Å². The molecule has 0 unspecified atom stereocenters. The van der Waals surface area contributed by atoms with Crippen LogP contribution in [0.1, 0.15) is 18.1 Å². The van der Waals surface area contributed by atoms with Gasteiger partial charge in [0.25, 0.3) is 0 Å². The highest BCUT2D eigenvalue weighted by atomic mass is 16.6. The van der Waals surface area contributed by atoms with E-state index in [1.807, 2.05) is 54.6 Å². The van der Waals surface area contributed by atoms with Crippen molar-refractivity contribution in [1.82, 2.24) is 5.32 Å². The average Bonchev–Trinajstić information content (AvgIpc) is 3.01. The molecule has 1 aliphatic carbocycles. The van der Waals surface area contributed by atoms with E-state index in [-0.39, 0.29) is 19.8 Å². The molecule has 0 bridgehead atoms. The summed E-state index contributed by atoms with van der Waals surface area (Å²) in [7, 11) is 0. The number of nitrogens with one attached hydrogen (secondary N) is 1. The Labute approximate surface area is 246 Å². The summed E-state index contributed by atoms with van der Waals surface area (Å²) >= 11 is 0. The summed E-state index contributed by atoms with van der Waals surface area (Å²) in [6.07, 6.45) is 4.93. The molecule has 3 aromatic carbocycles. The molecule has 1 aliphatic rings. The number of amides is 1. The van der Waals surface area contributed by atoms with Crippen molar-refractivity contribution in [1.29, 1.82) is 0 Å². The van der Waals surface area contributed by atoms with Gasteiger partial charge >= 0.3 is 12.1 Å². The molecule has 0 aliphatic heterocycles. The Hall–Kier alpha value is -4.34. The molecule has 9 nitrogen and oxygen atoms in total. The van der Waals surface area contributed by atoms with Crippen LogP contribution in [-0.2, 0) is 31.8 Å². The van der Waals surface area contributed by atoms with Gasteiger partial charge in [0.2, 0.25) is 0 Å². The van der Waals surface area contributed by atoms with Gasteiger partial charge in [-0.25, -0.2) is 9.59 Å². The van der Waals surface area contributed by atoms with Crippen LogP contribution in [0.25, 0.3) is 10.8 Å². The second-order valence-electron chi connectivity index (χ2n) is 9.51. The first-order chi connectivity index (χ1) is 20.5. The van der Waals surface area contributed by atoms with Crippen LogP contribution >= 0.6 is 0 Å². The summed E-state index contributed by atoms with van der Waals surface area (Å²) in [5.74, 6) is 1.69. The Kier molecular flexibility index (Phi) is 11.8. The first-order valence-electron chi connectivity index (χ1n) is 14.0. The minimum atomic E-state index is -0.555. The Bertz CT molecular complexity index is 1390. The van der Waals surface area contributed by atoms with Crippen LogP contribution in [0.3, 0.4) is 0 Å². The number of benzene rings is 3. The Morgan fingerprint density at radius 3 is 2.05 bits per heavy atom. The molecule has 0 heterocycles. The quantitative estimate of drug-likeness (QED) is 0.108. The molecule has 0 fully saturated rings. The SMILES string of the molecule is C=C(C)C(=O)OCCOCCOCCNC(=O)Oc1c2c(c(OCCOc3ccccc3)c3ccccc13)CC=CC2. The van der Waals surface area contributed by atoms with Crippen molar-refractivity contribution in [2.75, 3.05) is 52.8 Å². The van der Waals surface area contributed by atoms with Gasteiger partial charge in [-0.15, -0.1) is 0 Å². The van der Waals surface area contributed by atoms with Gasteiger partial charge in [-0.2, -0.15) is 0 Å². The summed E-state index contributed by atoms with van der Waals surface area (Å²) < 4.78 is 33.8. The molecule has 222 valence electrons. The third-order valence-electron chi connectivity index (χ3n) is 6.37. The molecule has 1 N–H and O–H groups in total. The molecule has 0 saturated heterocycles. The maximum atomic E-state index is 12.8. The lowest BCUT2D eigenvalue weighted by atomic mass is 9.90. The summed E-state index contributed by atoms with van der Waals surface area (Å²) in [4.78, 5) is 24.1. The number of esters is 1. The second-order valence-corrected chi connectivity index (χ2v) is 9.51. The number of para-hydroxylation sites is 1.